The number of aryl methyl sites for hydroxylation is 1. The molecule has 5 heteroatoms. The van der Waals surface area contributed by atoms with Crippen LogP contribution >= 0.6 is 0 Å². The van der Waals surface area contributed by atoms with E-state index in [0.717, 1.165) is 27.8 Å². The quantitative estimate of drug-likeness (QED) is 0.162. The fourth-order valence-corrected chi connectivity index (χ4v) is 7.81. The van der Waals surface area contributed by atoms with Gasteiger partial charge in [-0.25, -0.2) is 4.98 Å². The molecular formula is C58H60N3OPt-. The zero-order valence-corrected chi connectivity index (χ0v) is 38.1. The summed E-state index contributed by atoms with van der Waals surface area (Å²) in [5.41, 5.74) is -4.13. The molecule has 6 aromatic carbocycles. The van der Waals surface area contributed by atoms with Gasteiger partial charge in [0, 0.05) is 70.3 Å². The van der Waals surface area contributed by atoms with Crippen molar-refractivity contribution < 1.29 is 52.2 Å². The molecule has 0 saturated carbocycles. The summed E-state index contributed by atoms with van der Waals surface area (Å²) in [4.78, 5) is 9.88. The van der Waals surface area contributed by atoms with Gasteiger partial charge in [0.05, 0.1) is 16.6 Å². The molecule has 1 N–H and O–H groups in total. The Morgan fingerprint density at radius 2 is 1.35 bits per heavy atom. The van der Waals surface area contributed by atoms with E-state index in [1.807, 2.05) is 107 Å². The Morgan fingerprint density at radius 1 is 0.651 bits per heavy atom. The third-order valence-electron chi connectivity index (χ3n) is 11.2. The van der Waals surface area contributed by atoms with Gasteiger partial charge in [-0.15, -0.1) is 29.3 Å². The van der Waals surface area contributed by atoms with Gasteiger partial charge in [-0.1, -0.05) is 177 Å². The Kier molecular flexibility index (Phi) is 7.34. The van der Waals surface area contributed by atoms with Crippen LogP contribution < -0.4 is 0 Å². The van der Waals surface area contributed by atoms with Crippen LogP contribution in [0.2, 0.25) is 0 Å². The maximum absolute atomic E-state index is 13.0. The molecule has 0 radical (unpaired) electrons. The summed E-state index contributed by atoms with van der Waals surface area (Å²) in [5.74, 6) is -3.20. The Morgan fingerprint density at radius 3 is 2.03 bits per heavy atom. The Labute approximate surface area is 416 Å². The minimum Gasteiger partial charge on any atom is -0.507 e. The number of phenols is 1. The summed E-state index contributed by atoms with van der Waals surface area (Å²) in [5, 5.41) is 13.0. The van der Waals surface area contributed by atoms with E-state index < -0.39 is 91.5 Å². The second-order valence-corrected chi connectivity index (χ2v) is 17.2. The van der Waals surface area contributed by atoms with E-state index in [1.54, 1.807) is 56.4 Å². The number of hydrogen-bond donors (Lipinski definition) is 1. The molecule has 8 rings (SSSR count). The summed E-state index contributed by atoms with van der Waals surface area (Å²) < 4.78 is 168. The van der Waals surface area contributed by atoms with Gasteiger partial charge >= 0.3 is 0 Å². The zero-order valence-electron chi connectivity index (χ0n) is 54.8. The van der Waals surface area contributed by atoms with Gasteiger partial charge in [-0.05, 0) is 92.8 Å². The minimum absolute atomic E-state index is 0. The first kappa shape index (κ1) is 26.9. The van der Waals surface area contributed by atoms with E-state index in [-0.39, 0.29) is 43.9 Å². The van der Waals surface area contributed by atoms with Gasteiger partial charge in [-0.3, -0.25) is 9.55 Å². The van der Waals surface area contributed by atoms with E-state index >= 15 is 0 Å². The number of rotatable bonds is 7. The third kappa shape index (κ3) is 9.11. The Bertz CT molecular complexity index is 3600. The SMILES string of the molecule is [2H]C(C)(C)c1cc(-n2c(-c3cc(C(C([2H])([2H])[2H])(C([2H])([2H])[2H])C([2H])([2H])[2H])cc(C(C([2H])([2H])[2H])(C([2H])([2H])[2H])C([2H])([2H])[2H])c3O)nc3c(-c4[c-]c(-c5cc(-c6ccc(C)cc6)ccn5)cc(C(C)(C)C)c4)cccc32)ccc1-c1ccccc1.[Pt]. The Balaban J connectivity index is 0.00000968. The van der Waals surface area contributed by atoms with Gasteiger partial charge in [0.2, 0.25) is 0 Å². The number of imidazole rings is 1. The molecule has 0 amide bonds. The van der Waals surface area contributed by atoms with Crippen LogP contribution in [0.25, 0.3) is 72.7 Å². The van der Waals surface area contributed by atoms with Crippen LogP contribution in [0.1, 0.15) is 135 Å². The van der Waals surface area contributed by atoms with Crippen LogP contribution in [-0.4, -0.2) is 19.6 Å². The summed E-state index contributed by atoms with van der Waals surface area (Å²) in [6, 6.07) is 39.5. The molecule has 324 valence electrons. The molecule has 8 aromatic rings. The number of hydrogen-bond acceptors (Lipinski definition) is 3. The van der Waals surface area contributed by atoms with E-state index in [4.69, 9.17) is 34.6 Å². The molecule has 0 aliphatic carbocycles. The maximum Gasteiger partial charge on any atom is 0.148 e. The van der Waals surface area contributed by atoms with Crippen molar-refractivity contribution in [3.8, 4) is 67.5 Å². The monoisotopic (exact) mass is 1030 g/mol. The number of aromatic hydroxyl groups is 1. The van der Waals surface area contributed by atoms with Gasteiger partial charge in [-0.2, -0.15) is 0 Å². The largest absolute Gasteiger partial charge is 0.507 e. The number of nitrogens with zero attached hydrogens (tertiary/aromatic N) is 3. The van der Waals surface area contributed by atoms with Crippen molar-refractivity contribution in [3.63, 3.8) is 0 Å². The molecule has 0 aliphatic heterocycles. The first-order valence-corrected chi connectivity index (χ1v) is 20.3. The van der Waals surface area contributed by atoms with E-state index in [9.17, 15) is 6.48 Å². The molecule has 0 spiro atoms. The topological polar surface area (TPSA) is 50.9 Å². The molecular weight excluding hydrogens is 950 g/mol. The maximum atomic E-state index is 13.0. The smallest absolute Gasteiger partial charge is 0.148 e. The number of benzene rings is 6. The average molecular weight is 1030 g/mol. The van der Waals surface area contributed by atoms with E-state index in [0.29, 0.717) is 39.6 Å². The predicted molar refractivity (Wildman–Crippen MR) is 261 cm³/mol. The molecule has 0 fully saturated rings. The molecule has 0 atom stereocenters. The van der Waals surface area contributed by atoms with Gasteiger partial charge in [0.1, 0.15) is 11.6 Å². The van der Waals surface area contributed by atoms with E-state index in [2.05, 4.69) is 6.07 Å². The molecule has 0 aliphatic rings. The first-order chi connectivity index (χ1) is 37.1. The zero-order chi connectivity index (χ0) is 60.2. The van der Waals surface area contributed by atoms with Crippen molar-refractivity contribution in [1.29, 1.82) is 0 Å². The standard InChI is InChI=1S/C58H60N3O.Pt/c1-36(2)48-35-45(25-26-46(48)39-17-14-13-15-18-39)61-52-20-16-19-47(53(52)60-55(61)49-33-44(57(7,8)9)34-50(54(49)62)58(10,11)12)41-29-42(31-43(30-41)56(4,5)6)51-32-40(27-28-59-51)38-23-21-37(3)22-24-38;/h13-28,30-36,62H,1-12H3;/q-1;/i7D3,8D3,9D3,10D3,11D3,12D3,36D;. The summed E-state index contributed by atoms with van der Waals surface area (Å²) >= 11 is 0. The molecule has 2 heterocycles. The summed E-state index contributed by atoms with van der Waals surface area (Å²) in [6.45, 7) is -13.3. The number of para-hydroxylation sites is 1. The van der Waals surface area contributed by atoms with Crippen molar-refractivity contribution in [2.24, 2.45) is 0 Å². The van der Waals surface area contributed by atoms with Crippen molar-refractivity contribution in [2.75, 3.05) is 0 Å². The van der Waals surface area contributed by atoms with Crippen LogP contribution in [0, 0.1) is 13.0 Å². The summed E-state index contributed by atoms with van der Waals surface area (Å²) in [6.07, 6.45) is 1.69. The van der Waals surface area contributed by atoms with Crippen LogP contribution in [0.15, 0.2) is 134 Å². The Hall–Kier alpha value is -5.57. The van der Waals surface area contributed by atoms with Crippen molar-refractivity contribution in [2.45, 2.75) is 105 Å². The van der Waals surface area contributed by atoms with Crippen LogP contribution in [0.3, 0.4) is 0 Å². The second kappa shape index (κ2) is 17.2. The summed E-state index contributed by atoms with van der Waals surface area (Å²) in [7, 11) is 0. The third-order valence-corrected chi connectivity index (χ3v) is 11.2. The van der Waals surface area contributed by atoms with Gasteiger partial charge in [0.25, 0.3) is 0 Å². The molecule has 4 nitrogen and oxygen atoms in total. The fraction of sp³-hybridized carbons (Fsp3) is 0.276. The molecule has 0 unspecified atom stereocenters. The average Bonchev–Trinajstić information content (AvgIpc) is 2.36. The number of pyridine rings is 1. The number of fused-ring (bicyclic) bond motifs is 1. The molecule has 0 bridgehead atoms. The number of phenolic OH excluding ortho intramolecular Hbond substituents is 1. The molecule has 63 heavy (non-hydrogen) atoms. The van der Waals surface area contributed by atoms with Gasteiger partial charge in [0.15, 0.2) is 0 Å². The first-order valence-electron chi connectivity index (χ1n) is 29.8. The van der Waals surface area contributed by atoms with Crippen molar-refractivity contribution in [3.05, 3.63) is 167 Å². The van der Waals surface area contributed by atoms with Crippen LogP contribution in [0.5, 0.6) is 5.75 Å². The predicted octanol–water partition coefficient (Wildman–Crippen LogP) is 15.6. The van der Waals surface area contributed by atoms with Crippen LogP contribution in [-0.2, 0) is 37.3 Å². The van der Waals surface area contributed by atoms with E-state index in [1.165, 1.54) is 4.57 Å². The van der Waals surface area contributed by atoms with Crippen molar-refractivity contribution in [1.82, 2.24) is 14.5 Å². The van der Waals surface area contributed by atoms with Crippen molar-refractivity contribution >= 4 is 11.0 Å². The fourth-order valence-electron chi connectivity index (χ4n) is 7.81. The second-order valence-electron chi connectivity index (χ2n) is 17.2. The molecule has 0 saturated heterocycles. The number of aromatic nitrogens is 3. The van der Waals surface area contributed by atoms with Gasteiger partial charge < -0.3 is 5.11 Å². The molecule has 2 aromatic heterocycles. The normalized spacial score (nSPS) is 18.0. The van der Waals surface area contributed by atoms with Crippen LogP contribution in [0.4, 0.5) is 0 Å². The minimum atomic E-state index is -4.16.